The Bertz CT molecular complexity index is 1120. The summed E-state index contributed by atoms with van der Waals surface area (Å²) in [5.74, 6) is 0.708. The zero-order valence-electron chi connectivity index (χ0n) is 26.2. The lowest BCUT2D eigenvalue weighted by Gasteiger charge is -2.49. The molecule has 0 bridgehead atoms. The van der Waals surface area contributed by atoms with E-state index in [0.29, 0.717) is 32.0 Å². The van der Waals surface area contributed by atoms with Crippen molar-refractivity contribution in [2.24, 2.45) is 11.8 Å². The van der Waals surface area contributed by atoms with Gasteiger partial charge in [-0.1, -0.05) is 57.9 Å². The summed E-state index contributed by atoms with van der Waals surface area (Å²) >= 11 is 0. The van der Waals surface area contributed by atoms with Crippen molar-refractivity contribution in [2.75, 3.05) is 26.7 Å². The molecule has 1 saturated heterocycles. The van der Waals surface area contributed by atoms with Crippen molar-refractivity contribution in [3.05, 3.63) is 42.1 Å². The van der Waals surface area contributed by atoms with Crippen LogP contribution in [0.4, 0.5) is 0 Å². The Morgan fingerprint density at radius 3 is 2.40 bits per heavy atom. The predicted octanol–water partition coefficient (Wildman–Crippen LogP) is 3.76. The molecule has 2 aliphatic heterocycles. The second-order valence-corrected chi connectivity index (χ2v) is 12.8. The van der Waals surface area contributed by atoms with Crippen LogP contribution in [0.15, 0.2) is 36.5 Å². The number of nitrogens with one attached hydrogen (secondary N) is 3. The number of benzene rings is 1. The van der Waals surface area contributed by atoms with Crippen LogP contribution in [0.25, 0.3) is 0 Å². The van der Waals surface area contributed by atoms with Crippen LogP contribution < -0.4 is 20.7 Å². The van der Waals surface area contributed by atoms with Crippen LogP contribution in [-0.2, 0) is 14.4 Å². The fourth-order valence-electron chi connectivity index (χ4n) is 6.76. The van der Waals surface area contributed by atoms with Crippen molar-refractivity contribution in [1.82, 2.24) is 25.8 Å². The average molecular weight is 582 g/mol. The van der Waals surface area contributed by atoms with Crippen LogP contribution in [0, 0.1) is 11.8 Å². The molecule has 4 rings (SSSR count). The quantitative estimate of drug-likeness (QED) is 0.389. The Labute approximate surface area is 251 Å². The highest BCUT2D eigenvalue weighted by Crippen LogP contribution is 2.33. The van der Waals surface area contributed by atoms with E-state index in [-0.39, 0.29) is 35.7 Å². The van der Waals surface area contributed by atoms with Crippen LogP contribution >= 0.6 is 0 Å². The molecule has 2 fully saturated rings. The van der Waals surface area contributed by atoms with E-state index >= 15 is 0 Å². The van der Waals surface area contributed by atoms with Crippen molar-refractivity contribution < 1.29 is 19.1 Å². The smallest absolute Gasteiger partial charge is 0.246 e. The number of hydrogen-bond donors (Lipinski definition) is 3. The van der Waals surface area contributed by atoms with E-state index in [9.17, 15) is 14.4 Å². The van der Waals surface area contributed by atoms with Gasteiger partial charge in [0.2, 0.25) is 17.7 Å². The Morgan fingerprint density at radius 1 is 1.02 bits per heavy atom. The number of nitrogens with zero attached hydrogens (tertiary/aromatic N) is 2. The monoisotopic (exact) mass is 581 g/mol. The number of rotatable bonds is 10. The van der Waals surface area contributed by atoms with Crippen molar-refractivity contribution in [3.8, 4) is 5.75 Å². The highest BCUT2D eigenvalue weighted by molar-refractivity contribution is 5.93. The molecular formula is C33H51N5O4. The van der Waals surface area contributed by atoms with E-state index in [1.165, 1.54) is 0 Å². The zero-order chi connectivity index (χ0) is 30.4. The third kappa shape index (κ3) is 7.46. The van der Waals surface area contributed by atoms with Gasteiger partial charge in [0.05, 0.1) is 18.7 Å². The number of likely N-dealkylation sites (N-methyl/N-ethyl adjacent to an activating group) is 1. The van der Waals surface area contributed by atoms with E-state index in [1.807, 2.05) is 31.2 Å². The van der Waals surface area contributed by atoms with Crippen LogP contribution in [-0.4, -0.2) is 78.4 Å². The van der Waals surface area contributed by atoms with E-state index in [0.717, 1.165) is 55.5 Å². The predicted molar refractivity (Wildman–Crippen MR) is 165 cm³/mol. The number of amides is 3. The molecule has 1 aromatic carbocycles. The van der Waals surface area contributed by atoms with Gasteiger partial charge in [0, 0.05) is 36.8 Å². The highest BCUT2D eigenvalue weighted by Gasteiger charge is 2.44. The van der Waals surface area contributed by atoms with E-state index in [4.69, 9.17) is 4.74 Å². The Morgan fingerprint density at radius 2 is 1.74 bits per heavy atom. The van der Waals surface area contributed by atoms with Crippen molar-refractivity contribution in [1.29, 1.82) is 0 Å². The molecule has 9 heteroatoms. The second-order valence-electron chi connectivity index (χ2n) is 12.8. The number of carbonyl (C=O) groups excluding carboxylic acids is 3. The molecule has 1 aromatic rings. The topological polar surface area (TPSA) is 103 Å². The van der Waals surface area contributed by atoms with Gasteiger partial charge in [-0.3, -0.25) is 14.4 Å². The SMILES string of the molecule is C=C(C)N1C[C@@H](C(=O)N[C@@H]2CCOc3ccccc32)N(C(=O)C(NC(=O)[C@H](C)NC)C2CCCCC2)C[C@H]1CC(C)C. The number of para-hydroxylation sites is 1. The normalized spacial score (nSPS) is 24.3. The van der Waals surface area contributed by atoms with Gasteiger partial charge in [-0.05, 0) is 58.1 Å². The van der Waals surface area contributed by atoms with Gasteiger partial charge in [-0.15, -0.1) is 0 Å². The minimum atomic E-state index is -0.711. The maximum Gasteiger partial charge on any atom is 0.246 e. The third-order valence-corrected chi connectivity index (χ3v) is 9.20. The van der Waals surface area contributed by atoms with Crippen LogP contribution in [0.3, 0.4) is 0 Å². The fraction of sp³-hybridized carbons (Fsp3) is 0.667. The van der Waals surface area contributed by atoms with Gasteiger partial charge in [0.25, 0.3) is 0 Å². The van der Waals surface area contributed by atoms with Gasteiger partial charge >= 0.3 is 0 Å². The van der Waals surface area contributed by atoms with Crippen molar-refractivity contribution in [3.63, 3.8) is 0 Å². The molecule has 9 nitrogen and oxygen atoms in total. The molecular weight excluding hydrogens is 530 g/mol. The van der Waals surface area contributed by atoms with Gasteiger partial charge in [-0.25, -0.2) is 0 Å². The lowest BCUT2D eigenvalue weighted by Crippen LogP contribution is -2.67. The number of fused-ring (bicyclic) bond motifs is 1. The maximum absolute atomic E-state index is 14.6. The van der Waals surface area contributed by atoms with E-state index in [2.05, 4.69) is 41.3 Å². The van der Waals surface area contributed by atoms with Crippen molar-refractivity contribution in [2.45, 2.75) is 103 Å². The van der Waals surface area contributed by atoms with Crippen molar-refractivity contribution >= 4 is 17.7 Å². The summed E-state index contributed by atoms with van der Waals surface area (Å²) < 4.78 is 5.82. The molecule has 232 valence electrons. The summed E-state index contributed by atoms with van der Waals surface area (Å²) in [6.07, 6.45) is 6.53. The zero-order valence-corrected chi connectivity index (χ0v) is 26.2. The first kappa shape index (κ1) is 31.9. The summed E-state index contributed by atoms with van der Waals surface area (Å²) in [5.41, 5.74) is 1.84. The summed E-state index contributed by atoms with van der Waals surface area (Å²) in [6.45, 7) is 13.6. The first-order valence-electron chi connectivity index (χ1n) is 15.8. The van der Waals surface area contributed by atoms with E-state index < -0.39 is 18.1 Å². The molecule has 0 spiro atoms. The molecule has 1 unspecified atom stereocenters. The number of allylic oxidation sites excluding steroid dienone is 1. The van der Waals surface area contributed by atoms with Gasteiger partial charge in [-0.2, -0.15) is 0 Å². The first-order valence-corrected chi connectivity index (χ1v) is 15.8. The molecule has 2 heterocycles. The van der Waals surface area contributed by atoms with Crippen LogP contribution in [0.2, 0.25) is 0 Å². The summed E-state index contributed by atoms with van der Waals surface area (Å²) in [4.78, 5) is 45.8. The second kappa shape index (κ2) is 14.4. The number of ether oxygens (including phenoxy) is 1. The molecule has 42 heavy (non-hydrogen) atoms. The molecule has 1 aliphatic carbocycles. The molecule has 1 saturated carbocycles. The molecule has 3 aliphatic rings. The minimum absolute atomic E-state index is 0.0400. The molecule has 3 amide bonds. The Balaban J connectivity index is 1.66. The maximum atomic E-state index is 14.6. The lowest BCUT2D eigenvalue weighted by atomic mass is 9.82. The largest absolute Gasteiger partial charge is 0.493 e. The lowest BCUT2D eigenvalue weighted by molar-refractivity contribution is -0.150. The molecule has 3 N–H and O–H groups in total. The molecule has 5 atom stereocenters. The summed E-state index contributed by atoms with van der Waals surface area (Å²) in [5, 5.41) is 9.36. The highest BCUT2D eigenvalue weighted by atomic mass is 16.5. The number of carbonyl (C=O) groups is 3. The summed E-state index contributed by atoms with van der Waals surface area (Å²) in [6, 6.07) is 5.83. The van der Waals surface area contributed by atoms with Crippen LogP contribution in [0.1, 0.15) is 84.2 Å². The van der Waals surface area contributed by atoms with Gasteiger partial charge < -0.3 is 30.5 Å². The van der Waals surface area contributed by atoms with Crippen LogP contribution in [0.5, 0.6) is 5.75 Å². The Kier molecular flexibility index (Phi) is 10.9. The molecule has 0 radical (unpaired) electrons. The first-order chi connectivity index (χ1) is 20.1. The number of hydrogen-bond acceptors (Lipinski definition) is 6. The number of piperazine rings is 1. The standard InChI is InChI=1S/C33H51N5O4/c1-21(2)18-25-19-38(33(41)30(24-12-8-7-9-13-24)36-31(39)23(5)34-6)28(20-37(25)22(3)4)32(40)35-27-16-17-42-29-15-11-10-14-26(27)29/h10-11,14-15,21,23-25,27-28,30,34H,3,7-9,12-13,16-20H2,1-2,4-6H3,(H,35,40)(H,36,39)/t23-,25+,27+,28-,30?/m0/s1. The minimum Gasteiger partial charge on any atom is -0.493 e. The van der Waals surface area contributed by atoms with E-state index in [1.54, 1.807) is 18.9 Å². The third-order valence-electron chi connectivity index (χ3n) is 9.20. The average Bonchev–Trinajstić information content (AvgIpc) is 2.98. The molecule has 0 aromatic heterocycles. The Hall–Kier alpha value is -3.07. The fourth-order valence-corrected chi connectivity index (χ4v) is 6.76. The summed E-state index contributed by atoms with van der Waals surface area (Å²) in [7, 11) is 1.74. The van der Waals surface area contributed by atoms with Gasteiger partial charge in [0.15, 0.2) is 0 Å². The van der Waals surface area contributed by atoms with Gasteiger partial charge in [0.1, 0.15) is 17.8 Å².